The molecule has 106 valence electrons. The van der Waals surface area contributed by atoms with Crippen LogP contribution >= 0.6 is 15.9 Å². The molecular formula is C12H14BrF3N2O. The molecule has 0 bridgehead atoms. The van der Waals surface area contributed by atoms with Gasteiger partial charge in [-0.15, -0.1) is 0 Å². The van der Waals surface area contributed by atoms with Crippen LogP contribution in [0.15, 0.2) is 22.7 Å². The maximum atomic E-state index is 12.8. The first-order valence-electron chi connectivity index (χ1n) is 5.56. The molecule has 1 rings (SSSR count). The van der Waals surface area contributed by atoms with E-state index in [-0.39, 0.29) is 16.1 Å². The molecule has 1 aromatic rings. The van der Waals surface area contributed by atoms with Gasteiger partial charge in [0.15, 0.2) is 0 Å². The molecule has 19 heavy (non-hydrogen) atoms. The van der Waals surface area contributed by atoms with Gasteiger partial charge in [-0.1, -0.05) is 29.8 Å². The van der Waals surface area contributed by atoms with Crippen molar-refractivity contribution in [2.45, 2.75) is 26.1 Å². The van der Waals surface area contributed by atoms with Crippen molar-refractivity contribution in [1.82, 2.24) is 0 Å². The molecule has 0 aliphatic heterocycles. The van der Waals surface area contributed by atoms with E-state index in [4.69, 9.17) is 5.73 Å². The van der Waals surface area contributed by atoms with E-state index in [1.165, 1.54) is 12.1 Å². The molecule has 0 saturated carbocycles. The maximum Gasteiger partial charge on any atom is 0.418 e. The fourth-order valence-corrected chi connectivity index (χ4v) is 1.74. The zero-order valence-corrected chi connectivity index (χ0v) is 12.0. The lowest BCUT2D eigenvalue weighted by Crippen LogP contribution is -2.40. The Kier molecular flexibility index (Phi) is 4.98. The lowest BCUT2D eigenvalue weighted by atomic mass is 10.0. The predicted octanol–water partition coefficient (Wildman–Crippen LogP) is 3.39. The normalized spacial score (nSPS) is 13.5. The third kappa shape index (κ3) is 4.21. The van der Waals surface area contributed by atoms with Crippen LogP contribution in [0.25, 0.3) is 0 Å². The summed E-state index contributed by atoms with van der Waals surface area (Å²) in [5.74, 6) is -0.799. The number of carbonyl (C=O) groups is 1. The quantitative estimate of drug-likeness (QED) is 0.887. The van der Waals surface area contributed by atoms with Crippen molar-refractivity contribution in [2.24, 2.45) is 11.7 Å². The van der Waals surface area contributed by atoms with Gasteiger partial charge in [0, 0.05) is 4.47 Å². The monoisotopic (exact) mass is 338 g/mol. The standard InChI is InChI=1S/C12H14BrF3N2O/c1-6(2)10(17)11(19)18-9-4-3-7(13)5-8(9)12(14,15)16/h3-6,10H,17H2,1-2H3,(H,18,19). The Balaban J connectivity index is 3.05. The van der Waals surface area contributed by atoms with Crippen LogP contribution in [0.1, 0.15) is 19.4 Å². The topological polar surface area (TPSA) is 55.1 Å². The highest BCUT2D eigenvalue weighted by Gasteiger charge is 2.34. The molecule has 3 nitrogen and oxygen atoms in total. The van der Waals surface area contributed by atoms with Crippen molar-refractivity contribution in [2.75, 3.05) is 5.32 Å². The first kappa shape index (κ1) is 16.0. The van der Waals surface area contributed by atoms with Crippen molar-refractivity contribution in [1.29, 1.82) is 0 Å². The summed E-state index contributed by atoms with van der Waals surface area (Å²) in [5.41, 5.74) is 4.39. The molecular weight excluding hydrogens is 325 g/mol. The van der Waals surface area contributed by atoms with Gasteiger partial charge in [-0.3, -0.25) is 4.79 Å². The number of anilines is 1. The third-order valence-corrected chi connectivity index (χ3v) is 3.06. The van der Waals surface area contributed by atoms with E-state index in [0.717, 1.165) is 6.07 Å². The molecule has 0 radical (unpaired) electrons. The highest BCUT2D eigenvalue weighted by molar-refractivity contribution is 9.10. The van der Waals surface area contributed by atoms with Gasteiger partial charge < -0.3 is 11.1 Å². The number of rotatable bonds is 3. The van der Waals surface area contributed by atoms with Gasteiger partial charge in [0.05, 0.1) is 17.3 Å². The second-order valence-electron chi connectivity index (χ2n) is 4.45. The minimum atomic E-state index is -4.55. The van der Waals surface area contributed by atoms with Crippen LogP contribution in [0.2, 0.25) is 0 Å². The summed E-state index contributed by atoms with van der Waals surface area (Å²) in [6.45, 7) is 3.44. The van der Waals surface area contributed by atoms with Crippen LogP contribution in [0.3, 0.4) is 0 Å². The lowest BCUT2D eigenvalue weighted by Gasteiger charge is -2.18. The summed E-state index contributed by atoms with van der Waals surface area (Å²) in [6, 6.07) is 2.67. The van der Waals surface area contributed by atoms with Gasteiger partial charge in [0.1, 0.15) is 0 Å². The van der Waals surface area contributed by atoms with E-state index in [1.807, 2.05) is 0 Å². The summed E-state index contributed by atoms with van der Waals surface area (Å²) in [5, 5.41) is 2.22. The minimum Gasteiger partial charge on any atom is -0.324 e. The number of hydrogen-bond acceptors (Lipinski definition) is 2. The number of halogens is 4. The van der Waals surface area contributed by atoms with Crippen LogP contribution in [0.4, 0.5) is 18.9 Å². The second-order valence-corrected chi connectivity index (χ2v) is 5.36. The van der Waals surface area contributed by atoms with Crippen molar-refractivity contribution < 1.29 is 18.0 Å². The molecule has 0 spiro atoms. The molecule has 0 fully saturated rings. The van der Waals surface area contributed by atoms with Gasteiger partial charge in [-0.25, -0.2) is 0 Å². The Morgan fingerprint density at radius 3 is 2.42 bits per heavy atom. The SMILES string of the molecule is CC(C)C(N)C(=O)Nc1ccc(Br)cc1C(F)(F)F. The molecule has 3 N–H and O–H groups in total. The van der Waals surface area contributed by atoms with E-state index in [9.17, 15) is 18.0 Å². The first-order valence-corrected chi connectivity index (χ1v) is 6.35. The van der Waals surface area contributed by atoms with E-state index in [2.05, 4.69) is 21.2 Å². The van der Waals surface area contributed by atoms with Crippen molar-refractivity contribution in [3.05, 3.63) is 28.2 Å². The first-order chi connectivity index (χ1) is 8.62. The number of nitrogens with one attached hydrogen (secondary N) is 1. The largest absolute Gasteiger partial charge is 0.418 e. The highest BCUT2D eigenvalue weighted by Crippen LogP contribution is 2.36. The van der Waals surface area contributed by atoms with Gasteiger partial charge in [-0.2, -0.15) is 13.2 Å². The molecule has 0 saturated heterocycles. The van der Waals surface area contributed by atoms with Gasteiger partial charge >= 0.3 is 6.18 Å². The summed E-state index contributed by atoms with van der Waals surface area (Å²) in [6.07, 6.45) is -4.55. The van der Waals surface area contributed by atoms with Crippen molar-refractivity contribution in [3.8, 4) is 0 Å². The van der Waals surface area contributed by atoms with E-state index >= 15 is 0 Å². The average Bonchev–Trinajstić information content (AvgIpc) is 2.28. The number of nitrogens with two attached hydrogens (primary N) is 1. The van der Waals surface area contributed by atoms with Gasteiger partial charge in [-0.05, 0) is 24.1 Å². The number of benzene rings is 1. The smallest absolute Gasteiger partial charge is 0.324 e. The number of carbonyl (C=O) groups excluding carboxylic acids is 1. The van der Waals surface area contributed by atoms with E-state index in [0.29, 0.717) is 0 Å². The van der Waals surface area contributed by atoms with Crippen LogP contribution in [0, 0.1) is 5.92 Å². The Labute approximate surface area is 117 Å². The number of amides is 1. The molecule has 1 amide bonds. The third-order valence-electron chi connectivity index (χ3n) is 2.57. The number of alkyl halides is 3. The lowest BCUT2D eigenvalue weighted by molar-refractivity contribution is -0.137. The zero-order valence-electron chi connectivity index (χ0n) is 10.4. The molecule has 1 unspecified atom stereocenters. The van der Waals surface area contributed by atoms with Crippen LogP contribution in [0.5, 0.6) is 0 Å². The fourth-order valence-electron chi connectivity index (χ4n) is 1.38. The van der Waals surface area contributed by atoms with Gasteiger partial charge in [0.25, 0.3) is 0 Å². The van der Waals surface area contributed by atoms with Crippen molar-refractivity contribution >= 4 is 27.5 Å². The summed E-state index contributed by atoms with van der Waals surface area (Å²) < 4.78 is 38.8. The molecule has 1 aromatic carbocycles. The molecule has 1 atom stereocenters. The Morgan fingerprint density at radius 2 is 1.95 bits per heavy atom. The summed E-state index contributed by atoms with van der Waals surface area (Å²) in [7, 11) is 0. The molecule has 0 aliphatic carbocycles. The minimum absolute atomic E-state index is 0.162. The molecule has 0 heterocycles. The molecule has 7 heteroatoms. The Hall–Kier alpha value is -1.08. The fraction of sp³-hybridized carbons (Fsp3) is 0.417. The van der Waals surface area contributed by atoms with E-state index < -0.39 is 23.7 Å². The Morgan fingerprint density at radius 1 is 1.37 bits per heavy atom. The predicted molar refractivity (Wildman–Crippen MR) is 70.6 cm³/mol. The van der Waals surface area contributed by atoms with E-state index in [1.54, 1.807) is 13.8 Å². The Bertz CT molecular complexity index is 475. The highest BCUT2D eigenvalue weighted by atomic mass is 79.9. The molecule has 0 aromatic heterocycles. The van der Waals surface area contributed by atoms with Crippen molar-refractivity contribution in [3.63, 3.8) is 0 Å². The zero-order chi connectivity index (χ0) is 14.8. The average molecular weight is 339 g/mol. The maximum absolute atomic E-state index is 12.8. The van der Waals surface area contributed by atoms with Crippen LogP contribution in [-0.4, -0.2) is 11.9 Å². The number of hydrogen-bond donors (Lipinski definition) is 2. The van der Waals surface area contributed by atoms with Crippen LogP contribution < -0.4 is 11.1 Å². The summed E-state index contributed by atoms with van der Waals surface area (Å²) >= 11 is 2.97. The van der Waals surface area contributed by atoms with Gasteiger partial charge in [0.2, 0.25) is 5.91 Å². The molecule has 0 aliphatic rings. The summed E-state index contributed by atoms with van der Waals surface area (Å²) in [4.78, 5) is 11.7. The second kappa shape index (κ2) is 5.92. The van der Waals surface area contributed by atoms with Crippen LogP contribution in [-0.2, 0) is 11.0 Å².